The Morgan fingerprint density at radius 1 is 1.04 bits per heavy atom. The van der Waals surface area contributed by atoms with E-state index in [-0.39, 0.29) is 5.91 Å². The van der Waals surface area contributed by atoms with E-state index in [1.807, 2.05) is 17.0 Å². The van der Waals surface area contributed by atoms with E-state index in [0.717, 1.165) is 43.8 Å². The Bertz CT molecular complexity index is 641. The first-order chi connectivity index (χ1) is 12.1. The highest BCUT2D eigenvalue weighted by Crippen LogP contribution is 2.33. The molecule has 0 saturated carbocycles. The molecule has 136 valence electrons. The number of carbonyl (C=O) groups excluding carboxylic acids is 2. The van der Waals surface area contributed by atoms with Crippen LogP contribution in [0.3, 0.4) is 0 Å². The van der Waals surface area contributed by atoms with E-state index in [2.05, 4.69) is 4.90 Å². The van der Waals surface area contributed by atoms with Gasteiger partial charge in [-0.05, 0) is 29.7 Å². The summed E-state index contributed by atoms with van der Waals surface area (Å²) in [6.07, 6.45) is 1.70. The fourth-order valence-electron chi connectivity index (χ4n) is 3.41. The predicted molar refractivity (Wildman–Crippen MR) is 92.7 cm³/mol. The third kappa shape index (κ3) is 3.87. The summed E-state index contributed by atoms with van der Waals surface area (Å²) in [5.74, 6) is 1.56. The Hall–Kier alpha value is -2.28. The number of fused-ring (bicyclic) bond motifs is 1. The lowest BCUT2D eigenvalue weighted by Gasteiger charge is -2.35. The van der Waals surface area contributed by atoms with Crippen molar-refractivity contribution in [2.24, 2.45) is 0 Å². The maximum Gasteiger partial charge on any atom is 0.237 e. The summed E-state index contributed by atoms with van der Waals surface area (Å²) >= 11 is 0. The van der Waals surface area contributed by atoms with Crippen LogP contribution in [0, 0.1) is 0 Å². The normalized spacial score (nSPS) is 17.8. The molecular weight excluding hydrogens is 322 g/mol. The number of hydrogen-bond donors (Lipinski definition) is 0. The zero-order valence-corrected chi connectivity index (χ0v) is 14.9. The van der Waals surface area contributed by atoms with Crippen molar-refractivity contribution in [2.75, 3.05) is 53.5 Å². The summed E-state index contributed by atoms with van der Waals surface area (Å²) in [6, 6.07) is 3.98. The lowest BCUT2D eigenvalue weighted by molar-refractivity contribution is -0.134. The molecule has 3 rings (SSSR count). The Labute approximate surface area is 148 Å². The van der Waals surface area contributed by atoms with Crippen LogP contribution in [0.1, 0.15) is 11.1 Å². The van der Waals surface area contributed by atoms with E-state index in [1.165, 1.54) is 5.56 Å². The molecule has 0 bridgehead atoms. The highest BCUT2D eigenvalue weighted by molar-refractivity contribution is 5.78. The number of piperazine rings is 1. The fourth-order valence-corrected chi connectivity index (χ4v) is 3.41. The number of nitrogens with zero attached hydrogens (tertiary/aromatic N) is 3. The Balaban J connectivity index is 1.62. The van der Waals surface area contributed by atoms with Crippen molar-refractivity contribution in [3.63, 3.8) is 0 Å². The molecule has 1 saturated heterocycles. The Morgan fingerprint density at radius 3 is 2.28 bits per heavy atom. The molecule has 0 aliphatic carbocycles. The topological polar surface area (TPSA) is 62.3 Å². The van der Waals surface area contributed by atoms with Gasteiger partial charge in [-0.25, -0.2) is 0 Å². The summed E-state index contributed by atoms with van der Waals surface area (Å²) in [7, 11) is 3.25. The van der Waals surface area contributed by atoms with Gasteiger partial charge in [0.15, 0.2) is 11.5 Å². The molecule has 7 heteroatoms. The van der Waals surface area contributed by atoms with Crippen molar-refractivity contribution in [2.45, 2.75) is 13.0 Å². The second kappa shape index (κ2) is 7.74. The van der Waals surface area contributed by atoms with Gasteiger partial charge in [0.1, 0.15) is 0 Å². The predicted octanol–water partition coefficient (Wildman–Crippen LogP) is 0.363. The molecule has 2 amide bonds. The number of benzene rings is 1. The average molecular weight is 347 g/mol. The summed E-state index contributed by atoms with van der Waals surface area (Å²) in [5.41, 5.74) is 2.32. The molecule has 1 aromatic carbocycles. The van der Waals surface area contributed by atoms with Gasteiger partial charge in [0.25, 0.3) is 0 Å². The Morgan fingerprint density at radius 2 is 1.68 bits per heavy atom. The van der Waals surface area contributed by atoms with E-state index >= 15 is 0 Å². The minimum atomic E-state index is 0.139. The molecule has 25 heavy (non-hydrogen) atoms. The van der Waals surface area contributed by atoms with Crippen LogP contribution < -0.4 is 9.47 Å². The molecule has 0 unspecified atom stereocenters. The van der Waals surface area contributed by atoms with Crippen molar-refractivity contribution in [1.82, 2.24) is 14.7 Å². The van der Waals surface area contributed by atoms with Gasteiger partial charge in [0.2, 0.25) is 12.3 Å². The third-order valence-corrected chi connectivity index (χ3v) is 4.99. The van der Waals surface area contributed by atoms with Gasteiger partial charge in [-0.1, -0.05) is 0 Å². The van der Waals surface area contributed by atoms with Gasteiger partial charge in [0, 0.05) is 39.3 Å². The van der Waals surface area contributed by atoms with Crippen molar-refractivity contribution >= 4 is 12.3 Å². The van der Waals surface area contributed by atoms with Crippen LogP contribution >= 0.6 is 0 Å². The van der Waals surface area contributed by atoms with Crippen LogP contribution in [-0.2, 0) is 22.6 Å². The average Bonchev–Trinajstić information content (AvgIpc) is 2.66. The van der Waals surface area contributed by atoms with Gasteiger partial charge in [-0.15, -0.1) is 0 Å². The molecule has 1 fully saturated rings. The van der Waals surface area contributed by atoms with Gasteiger partial charge in [0.05, 0.1) is 20.8 Å². The molecule has 2 aliphatic heterocycles. The zero-order chi connectivity index (χ0) is 17.8. The van der Waals surface area contributed by atoms with Crippen LogP contribution in [0.4, 0.5) is 0 Å². The van der Waals surface area contributed by atoms with Gasteiger partial charge >= 0.3 is 0 Å². The molecule has 0 radical (unpaired) electrons. The summed E-state index contributed by atoms with van der Waals surface area (Å²) in [6.45, 7) is 4.61. The van der Waals surface area contributed by atoms with Crippen LogP contribution in [0.2, 0.25) is 0 Å². The molecule has 2 heterocycles. The molecule has 2 aliphatic rings. The van der Waals surface area contributed by atoms with Gasteiger partial charge < -0.3 is 19.3 Å². The van der Waals surface area contributed by atoms with E-state index in [0.29, 0.717) is 31.9 Å². The zero-order valence-electron chi connectivity index (χ0n) is 14.9. The van der Waals surface area contributed by atoms with E-state index in [4.69, 9.17) is 9.47 Å². The largest absolute Gasteiger partial charge is 0.493 e. The second-order valence-corrected chi connectivity index (χ2v) is 6.46. The molecule has 0 spiro atoms. The van der Waals surface area contributed by atoms with E-state index < -0.39 is 0 Å². The molecule has 0 aromatic heterocycles. The minimum absolute atomic E-state index is 0.139. The number of rotatable bonds is 5. The van der Waals surface area contributed by atoms with Crippen LogP contribution in [-0.4, -0.2) is 80.5 Å². The SMILES string of the molecule is COc1cc2c(cc1OC)CN(C(=O)CN1CCN(C=O)CC1)CC2. The van der Waals surface area contributed by atoms with Crippen molar-refractivity contribution < 1.29 is 19.1 Å². The van der Waals surface area contributed by atoms with Gasteiger partial charge in [-0.3, -0.25) is 14.5 Å². The monoisotopic (exact) mass is 347 g/mol. The summed E-state index contributed by atoms with van der Waals surface area (Å²) in [4.78, 5) is 29.2. The number of hydrogen-bond acceptors (Lipinski definition) is 5. The number of ether oxygens (including phenoxy) is 2. The first-order valence-corrected chi connectivity index (χ1v) is 8.58. The maximum atomic E-state index is 12.6. The van der Waals surface area contributed by atoms with Crippen LogP contribution in [0.25, 0.3) is 0 Å². The third-order valence-electron chi connectivity index (χ3n) is 4.99. The molecule has 0 atom stereocenters. The number of carbonyl (C=O) groups is 2. The lowest BCUT2D eigenvalue weighted by Crippen LogP contribution is -2.50. The highest BCUT2D eigenvalue weighted by atomic mass is 16.5. The van der Waals surface area contributed by atoms with Crippen LogP contribution in [0.15, 0.2) is 12.1 Å². The van der Waals surface area contributed by atoms with Crippen molar-refractivity contribution in [1.29, 1.82) is 0 Å². The number of methoxy groups -OCH3 is 2. The summed E-state index contributed by atoms with van der Waals surface area (Å²) < 4.78 is 10.7. The van der Waals surface area contributed by atoms with E-state index in [9.17, 15) is 9.59 Å². The first kappa shape index (κ1) is 17.5. The smallest absolute Gasteiger partial charge is 0.237 e. The minimum Gasteiger partial charge on any atom is -0.493 e. The lowest BCUT2D eigenvalue weighted by atomic mass is 9.98. The van der Waals surface area contributed by atoms with Crippen LogP contribution in [0.5, 0.6) is 11.5 Å². The van der Waals surface area contributed by atoms with Crippen molar-refractivity contribution in [3.05, 3.63) is 23.3 Å². The maximum absolute atomic E-state index is 12.6. The highest BCUT2D eigenvalue weighted by Gasteiger charge is 2.25. The standard InChI is InChI=1S/C18H25N3O4/c1-24-16-9-14-3-4-21(11-15(14)10-17(16)25-2)18(23)12-19-5-7-20(13-22)8-6-19/h9-10,13H,3-8,11-12H2,1-2H3. The molecule has 7 nitrogen and oxygen atoms in total. The van der Waals surface area contributed by atoms with Crippen molar-refractivity contribution in [3.8, 4) is 11.5 Å². The second-order valence-electron chi connectivity index (χ2n) is 6.46. The van der Waals surface area contributed by atoms with E-state index in [1.54, 1.807) is 19.1 Å². The first-order valence-electron chi connectivity index (χ1n) is 8.58. The molecular formula is C18H25N3O4. The Kier molecular flexibility index (Phi) is 5.43. The molecule has 1 aromatic rings. The molecule has 0 N–H and O–H groups in total. The summed E-state index contributed by atoms with van der Waals surface area (Å²) in [5, 5.41) is 0. The number of amides is 2. The van der Waals surface area contributed by atoms with Gasteiger partial charge in [-0.2, -0.15) is 0 Å². The quantitative estimate of drug-likeness (QED) is 0.720. The fraction of sp³-hybridized carbons (Fsp3) is 0.556.